The summed E-state index contributed by atoms with van der Waals surface area (Å²) >= 11 is 0. The number of phenolic OH excluding ortho intramolecular Hbond substituents is 1. The predicted molar refractivity (Wildman–Crippen MR) is 80.9 cm³/mol. The van der Waals surface area contributed by atoms with Crippen molar-refractivity contribution in [2.45, 2.75) is 57.8 Å². The van der Waals surface area contributed by atoms with Crippen LogP contribution in [0, 0.1) is 0 Å². The Labute approximate surface area is 120 Å². The van der Waals surface area contributed by atoms with E-state index in [1.165, 1.54) is 25.3 Å². The quantitative estimate of drug-likeness (QED) is 0.364. The van der Waals surface area contributed by atoms with Gasteiger partial charge in [0.2, 0.25) is 0 Å². The van der Waals surface area contributed by atoms with Gasteiger partial charge in [0.1, 0.15) is 5.75 Å². The Hall–Kier alpha value is -1.71. The average molecular weight is 279 g/mol. The number of benzene rings is 1. The zero-order chi connectivity index (χ0) is 15.0. The van der Waals surface area contributed by atoms with Gasteiger partial charge >= 0.3 is 5.97 Å². The van der Waals surface area contributed by atoms with Crippen molar-refractivity contribution in [3.8, 4) is 5.75 Å². The Balaban J connectivity index is 2.52. The van der Waals surface area contributed by atoms with Crippen LogP contribution in [-0.4, -0.2) is 16.2 Å². The van der Waals surface area contributed by atoms with Crippen molar-refractivity contribution in [2.24, 2.45) is 0 Å². The van der Waals surface area contributed by atoms with E-state index in [-0.39, 0.29) is 11.4 Å². The van der Waals surface area contributed by atoms with Crippen LogP contribution in [0.1, 0.15) is 63.4 Å². The SMILES string of the molecule is CCCCCCCCC(C(=O)O)c1ccc(O)c(N)c1. The van der Waals surface area contributed by atoms with Gasteiger partial charge in [-0.25, -0.2) is 0 Å². The molecule has 0 aromatic heterocycles. The van der Waals surface area contributed by atoms with E-state index < -0.39 is 11.9 Å². The fourth-order valence-electron chi connectivity index (χ4n) is 2.35. The summed E-state index contributed by atoms with van der Waals surface area (Å²) in [5.41, 5.74) is 6.53. The maximum absolute atomic E-state index is 11.4. The number of nitrogens with two attached hydrogens (primary N) is 1. The Bertz CT molecular complexity index is 432. The van der Waals surface area contributed by atoms with Gasteiger partial charge in [0.25, 0.3) is 0 Å². The van der Waals surface area contributed by atoms with E-state index in [9.17, 15) is 15.0 Å². The molecule has 4 nitrogen and oxygen atoms in total. The van der Waals surface area contributed by atoms with E-state index in [2.05, 4.69) is 6.92 Å². The topological polar surface area (TPSA) is 83.5 Å². The van der Waals surface area contributed by atoms with Gasteiger partial charge in [-0.1, -0.05) is 51.5 Å². The lowest BCUT2D eigenvalue weighted by atomic mass is 9.92. The van der Waals surface area contributed by atoms with Gasteiger partial charge in [-0.15, -0.1) is 0 Å². The van der Waals surface area contributed by atoms with Crippen molar-refractivity contribution in [1.82, 2.24) is 0 Å². The highest BCUT2D eigenvalue weighted by Crippen LogP contribution is 2.28. The summed E-state index contributed by atoms with van der Waals surface area (Å²) in [6.07, 6.45) is 7.43. The van der Waals surface area contributed by atoms with Crippen LogP contribution < -0.4 is 5.73 Å². The molecule has 0 amide bonds. The molecule has 0 saturated carbocycles. The van der Waals surface area contributed by atoms with Gasteiger partial charge in [0.15, 0.2) is 0 Å². The first-order chi connectivity index (χ1) is 9.56. The van der Waals surface area contributed by atoms with Crippen molar-refractivity contribution >= 4 is 11.7 Å². The molecule has 4 heteroatoms. The van der Waals surface area contributed by atoms with Crippen molar-refractivity contribution < 1.29 is 15.0 Å². The van der Waals surface area contributed by atoms with E-state index in [1.54, 1.807) is 12.1 Å². The van der Waals surface area contributed by atoms with Crippen molar-refractivity contribution in [3.05, 3.63) is 23.8 Å². The molecule has 1 aromatic rings. The predicted octanol–water partition coefficient (Wildman–Crippen LogP) is 3.89. The van der Waals surface area contributed by atoms with Crippen molar-refractivity contribution in [3.63, 3.8) is 0 Å². The standard InChI is InChI=1S/C16H25NO3/c1-2-3-4-5-6-7-8-13(16(19)20)12-9-10-15(18)14(17)11-12/h9-11,13,18H,2-8,17H2,1H3,(H,19,20). The molecule has 0 heterocycles. The van der Waals surface area contributed by atoms with Crippen LogP contribution in [0.2, 0.25) is 0 Å². The van der Waals surface area contributed by atoms with E-state index >= 15 is 0 Å². The molecule has 1 aromatic carbocycles. The van der Waals surface area contributed by atoms with Crippen LogP contribution >= 0.6 is 0 Å². The molecule has 4 N–H and O–H groups in total. The largest absolute Gasteiger partial charge is 0.506 e. The number of rotatable bonds is 9. The second-order valence-electron chi connectivity index (χ2n) is 5.27. The van der Waals surface area contributed by atoms with E-state index in [0.29, 0.717) is 12.0 Å². The van der Waals surface area contributed by atoms with Crippen LogP contribution in [0.4, 0.5) is 5.69 Å². The normalized spacial score (nSPS) is 12.2. The molecule has 20 heavy (non-hydrogen) atoms. The molecule has 1 unspecified atom stereocenters. The Kier molecular flexibility index (Phi) is 6.91. The fraction of sp³-hybridized carbons (Fsp3) is 0.562. The number of aliphatic carboxylic acids is 1. The first-order valence-corrected chi connectivity index (χ1v) is 7.37. The summed E-state index contributed by atoms with van der Waals surface area (Å²) in [4.78, 5) is 11.4. The number of carbonyl (C=O) groups is 1. The Morgan fingerprint density at radius 3 is 2.45 bits per heavy atom. The minimum atomic E-state index is -0.830. The molecule has 0 bridgehead atoms. The number of carboxylic acid groups (broad SMARTS) is 1. The van der Waals surface area contributed by atoms with Crippen LogP contribution in [0.5, 0.6) is 5.75 Å². The third-order valence-electron chi connectivity index (χ3n) is 3.60. The summed E-state index contributed by atoms with van der Waals surface area (Å²) < 4.78 is 0. The van der Waals surface area contributed by atoms with Gasteiger partial charge < -0.3 is 15.9 Å². The number of carboxylic acids is 1. The maximum atomic E-state index is 11.4. The third kappa shape index (κ3) is 5.11. The molecule has 0 aliphatic heterocycles. The minimum Gasteiger partial charge on any atom is -0.506 e. The first-order valence-electron chi connectivity index (χ1n) is 7.37. The summed E-state index contributed by atoms with van der Waals surface area (Å²) in [5.74, 6) is -1.37. The first kappa shape index (κ1) is 16.3. The Morgan fingerprint density at radius 1 is 1.20 bits per heavy atom. The summed E-state index contributed by atoms with van der Waals surface area (Å²) in [5, 5.41) is 18.7. The number of hydrogen-bond donors (Lipinski definition) is 3. The van der Waals surface area contributed by atoms with Crippen LogP contribution in [0.25, 0.3) is 0 Å². The van der Waals surface area contributed by atoms with E-state index in [1.807, 2.05) is 0 Å². The van der Waals surface area contributed by atoms with Gasteiger partial charge in [-0.2, -0.15) is 0 Å². The highest BCUT2D eigenvalue weighted by molar-refractivity contribution is 5.76. The van der Waals surface area contributed by atoms with Gasteiger partial charge in [-0.3, -0.25) is 4.79 Å². The molecule has 1 rings (SSSR count). The third-order valence-corrected chi connectivity index (χ3v) is 3.60. The second-order valence-corrected chi connectivity index (χ2v) is 5.27. The number of nitrogen functional groups attached to an aromatic ring is 1. The summed E-state index contributed by atoms with van der Waals surface area (Å²) in [6, 6.07) is 4.66. The molecular weight excluding hydrogens is 254 g/mol. The molecule has 112 valence electrons. The van der Waals surface area contributed by atoms with Crippen LogP contribution in [-0.2, 0) is 4.79 Å². The molecule has 0 spiro atoms. The average Bonchev–Trinajstić information content (AvgIpc) is 2.41. The highest BCUT2D eigenvalue weighted by atomic mass is 16.4. The van der Waals surface area contributed by atoms with Gasteiger partial charge in [0, 0.05) is 0 Å². The van der Waals surface area contributed by atoms with Crippen molar-refractivity contribution in [2.75, 3.05) is 5.73 Å². The zero-order valence-corrected chi connectivity index (χ0v) is 12.1. The number of unbranched alkanes of at least 4 members (excludes halogenated alkanes) is 5. The zero-order valence-electron chi connectivity index (χ0n) is 12.1. The number of phenols is 1. The Morgan fingerprint density at radius 2 is 1.85 bits per heavy atom. The highest BCUT2D eigenvalue weighted by Gasteiger charge is 2.20. The number of aromatic hydroxyl groups is 1. The van der Waals surface area contributed by atoms with Crippen molar-refractivity contribution in [1.29, 1.82) is 0 Å². The number of anilines is 1. The minimum absolute atomic E-state index is 0.00236. The van der Waals surface area contributed by atoms with Crippen LogP contribution in [0.15, 0.2) is 18.2 Å². The van der Waals surface area contributed by atoms with Gasteiger partial charge in [-0.05, 0) is 24.1 Å². The molecule has 0 radical (unpaired) electrons. The molecule has 0 saturated heterocycles. The van der Waals surface area contributed by atoms with Crippen LogP contribution in [0.3, 0.4) is 0 Å². The fourth-order valence-corrected chi connectivity index (χ4v) is 2.35. The lowest BCUT2D eigenvalue weighted by Crippen LogP contribution is -2.12. The molecule has 0 aliphatic carbocycles. The molecular formula is C16H25NO3. The second kappa shape index (κ2) is 8.46. The maximum Gasteiger partial charge on any atom is 0.310 e. The number of hydrogen-bond acceptors (Lipinski definition) is 3. The lowest BCUT2D eigenvalue weighted by Gasteiger charge is -2.13. The van der Waals surface area contributed by atoms with E-state index in [4.69, 9.17) is 5.73 Å². The monoisotopic (exact) mass is 279 g/mol. The summed E-state index contributed by atoms with van der Waals surface area (Å²) in [7, 11) is 0. The van der Waals surface area contributed by atoms with Gasteiger partial charge in [0.05, 0.1) is 11.6 Å². The lowest BCUT2D eigenvalue weighted by molar-refractivity contribution is -0.139. The molecule has 0 fully saturated rings. The summed E-state index contributed by atoms with van der Waals surface area (Å²) in [6.45, 7) is 2.18. The molecule has 1 atom stereocenters. The molecule has 0 aliphatic rings. The van der Waals surface area contributed by atoms with E-state index in [0.717, 1.165) is 19.3 Å². The smallest absolute Gasteiger partial charge is 0.310 e.